The third-order valence-corrected chi connectivity index (χ3v) is 9.67. The summed E-state index contributed by atoms with van der Waals surface area (Å²) in [7, 11) is 1.62. The molecule has 0 unspecified atom stereocenters. The van der Waals surface area contributed by atoms with Gasteiger partial charge in [-0.3, -0.25) is 19.3 Å². The van der Waals surface area contributed by atoms with Gasteiger partial charge in [-0.25, -0.2) is 0 Å². The molecule has 2 aromatic carbocycles. The van der Waals surface area contributed by atoms with Crippen molar-refractivity contribution in [3.8, 4) is 5.75 Å². The van der Waals surface area contributed by atoms with Crippen molar-refractivity contribution in [3.63, 3.8) is 0 Å². The number of anilines is 1. The molecule has 3 amide bonds. The second kappa shape index (κ2) is 9.35. The lowest BCUT2D eigenvalue weighted by molar-refractivity contribution is -0.127. The first-order valence-corrected chi connectivity index (χ1v) is 13.9. The Kier molecular flexibility index (Phi) is 6.14. The number of aryl methyl sites for hydroxylation is 1. The third kappa shape index (κ3) is 4.48. The number of hydrogen-bond acceptors (Lipinski definition) is 5. The van der Waals surface area contributed by atoms with Gasteiger partial charge in [0.05, 0.1) is 12.0 Å². The van der Waals surface area contributed by atoms with Crippen molar-refractivity contribution in [2.45, 2.75) is 50.9 Å². The maximum Gasteiger partial charge on any atom is 0.294 e. The fraction of sp³-hybridized carbons (Fsp3) is 0.433. The highest BCUT2D eigenvalue weighted by atomic mass is 32.2. The van der Waals surface area contributed by atoms with E-state index in [0.717, 1.165) is 45.5 Å². The minimum Gasteiger partial charge on any atom is -0.496 e. The van der Waals surface area contributed by atoms with Crippen LogP contribution in [0.15, 0.2) is 47.4 Å². The van der Waals surface area contributed by atoms with Crippen LogP contribution in [0.1, 0.15) is 55.2 Å². The Labute approximate surface area is 221 Å². The highest BCUT2D eigenvalue weighted by Gasteiger charge is 2.51. The Morgan fingerprint density at radius 1 is 1.08 bits per heavy atom. The zero-order valence-electron chi connectivity index (χ0n) is 21.3. The lowest BCUT2D eigenvalue weighted by Crippen LogP contribution is -2.48. The molecule has 4 aliphatic carbocycles. The zero-order valence-corrected chi connectivity index (χ0v) is 22.1. The molecule has 0 radical (unpaired) electrons. The largest absolute Gasteiger partial charge is 0.496 e. The van der Waals surface area contributed by atoms with Crippen molar-refractivity contribution in [2.75, 3.05) is 19.0 Å². The molecule has 6 nitrogen and oxygen atoms in total. The number of benzene rings is 2. The van der Waals surface area contributed by atoms with Gasteiger partial charge in [-0.1, -0.05) is 24.3 Å². The van der Waals surface area contributed by atoms with Crippen LogP contribution >= 0.6 is 11.8 Å². The van der Waals surface area contributed by atoms with Crippen LogP contribution in [0, 0.1) is 24.7 Å². The van der Waals surface area contributed by atoms with Crippen molar-refractivity contribution < 1.29 is 19.1 Å². The summed E-state index contributed by atoms with van der Waals surface area (Å²) < 4.78 is 5.63. The first-order valence-electron chi connectivity index (χ1n) is 13.1. The number of carbonyl (C=O) groups is 3. The Balaban J connectivity index is 1.23. The summed E-state index contributed by atoms with van der Waals surface area (Å²) >= 11 is 0.876. The Morgan fingerprint density at radius 3 is 2.41 bits per heavy atom. The van der Waals surface area contributed by atoms with E-state index in [1.54, 1.807) is 19.3 Å². The van der Waals surface area contributed by atoms with E-state index >= 15 is 0 Å². The highest BCUT2D eigenvalue weighted by molar-refractivity contribution is 8.18. The molecule has 7 heteroatoms. The van der Waals surface area contributed by atoms with Crippen molar-refractivity contribution in [1.82, 2.24) is 4.90 Å². The molecule has 37 heavy (non-hydrogen) atoms. The number of rotatable bonds is 6. The molecule has 4 saturated carbocycles. The summed E-state index contributed by atoms with van der Waals surface area (Å²) in [6.07, 6.45) is 9.64. The molecule has 1 heterocycles. The van der Waals surface area contributed by atoms with Gasteiger partial charge in [-0.15, -0.1) is 0 Å². The van der Waals surface area contributed by atoms with E-state index in [4.69, 9.17) is 4.74 Å². The van der Waals surface area contributed by atoms with Gasteiger partial charge in [0, 0.05) is 11.3 Å². The van der Waals surface area contributed by atoms with Gasteiger partial charge >= 0.3 is 0 Å². The van der Waals surface area contributed by atoms with Crippen LogP contribution in [0.25, 0.3) is 6.08 Å². The number of para-hydroxylation sites is 1. The molecule has 1 N–H and O–H groups in total. The molecule has 0 aromatic heterocycles. The van der Waals surface area contributed by atoms with Crippen LogP contribution in [0.4, 0.5) is 10.5 Å². The van der Waals surface area contributed by atoms with E-state index in [1.165, 1.54) is 44.1 Å². The van der Waals surface area contributed by atoms with E-state index in [2.05, 4.69) is 17.4 Å². The van der Waals surface area contributed by atoms with Crippen molar-refractivity contribution in [3.05, 3.63) is 64.1 Å². The first kappa shape index (κ1) is 24.3. The number of nitrogens with one attached hydrogen (secondary N) is 1. The fourth-order valence-electron chi connectivity index (χ4n) is 7.47. The van der Waals surface area contributed by atoms with Crippen LogP contribution in [0.5, 0.6) is 5.75 Å². The maximum absolute atomic E-state index is 13.2. The zero-order chi connectivity index (χ0) is 25.7. The molecule has 192 valence electrons. The summed E-state index contributed by atoms with van der Waals surface area (Å²) in [6.45, 7) is 1.57. The van der Waals surface area contributed by atoms with Gasteiger partial charge in [0.2, 0.25) is 5.91 Å². The standard InChI is InChI=1S/C30H32N2O4S/c1-18-5-3-4-6-24(18)31-27(33)17-32-28(34)26(37-29(32)35)13-22-12-23(7-8-25(22)36-2)30-14-19-9-20(15-30)11-21(10-19)16-30/h3-8,12-13,19-21H,9-11,14-17H2,1-2H3,(H,31,33)/b26-13+. The molecular weight excluding hydrogens is 484 g/mol. The summed E-state index contributed by atoms with van der Waals surface area (Å²) in [6, 6.07) is 13.8. The molecule has 0 atom stereocenters. The minimum absolute atomic E-state index is 0.219. The third-order valence-electron chi connectivity index (χ3n) is 8.76. The molecule has 5 aliphatic rings. The quantitative estimate of drug-likeness (QED) is 0.466. The monoisotopic (exact) mass is 516 g/mol. The lowest BCUT2D eigenvalue weighted by atomic mass is 9.48. The highest BCUT2D eigenvalue weighted by Crippen LogP contribution is 2.61. The van der Waals surface area contributed by atoms with Crippen LogP contribution < -0.4 is 10.1 Å². The number of ether oxygens (including phenoxy) is 1. The van der Waals surface area contributed by atoms with E-state index in [9.17, 15) is 14.4 Å². The fourth-order valence-corrected chi connectivity index (χ4v) is 8.29. The molecule has 1 saturated heterocycles. The molecule has 7 rings (SSSR count). The number of methoxy groups -OCH3 is 1. The average Bonchev–Trinajstić information content (AvgIpc) is 3.12. The normalized spacial score (nSPS) is 29.3. The summed E-state index contributed by atoms with van der Waals surface area (Å²) in [4.78, 5) is 39.8. The number of imide groups is 1. The van der Waals surface area contributed by atoms with Crippen molar-refractivity contribution in [2.24, 2.45) is 17.8 Å². The number of hydrogen-bond donors (Lipinski definition) is 1. The predicted molar refractivity (Wildman–Crippen MR) is 145 cm³/mol. The van der Waals surface area contributed by atoms with Crippen LogP contribution in [0.3, 0.4) is 0 Å². The van der Waals surface area contributed by atoms with Gasteiger partial charge in [-0.2, -0.15) is 0 Å². The second-order valence-corrected chi connectivity index (χ2v) is 12.3. The molecule has 2 aromatic rings. The molecular formula is C30H32N2O4S. The number of thioether (sulfide) groups is 1. The number of nitrogens with zero attached hydrogens (tertiary/aromatic N) is 1. The number of carbonyl (C=O) groups excluding carboxylic acids is 3. The SMILES string of the molecule is COc1ccc(C23CC4CC(CC(C4)C2)C3)cc1/C=C1/SC(=O)N(CC(=O)Nc2ccccc2C)C1=O. The Morgan fingerprint density at radius 2 is 1.76 bits per heavy atom. The van der Waals surface area contributed by atoms with Gasteiger partial charge in [0.25, 0.3) is 11.1 Å². The van der Waals surface area contributed by atoms with Gasteiger partial charge in [-0.05, 0) is 116 Å². The van der Waals surface area contributed by atoms with E-state index < -0.39 is 17.1 Å². The van der Waals surface area contributed by atoms with Crippen LogP contribution in [-0.4, -0.2) is 35.6 Å². The van der Waals surface area contributed by atoms with E-state index in [-0.39, 0.29) is 12.0 Å². The molecule has 5 fully saturated rings. The van der Waals surface area contributed by atoms with E-state index in [0.29, 0.717) is 16.3 Å². The second-order valence-electron chi connectivity index (χ2n) is 11.3. The predicted octanol–water partition coefficient (Wildman–Crippen LogP) is 6.15. The van der Waals surface area contributed by atoms with Crippen LogP contribution in [0.2, 0.25) is 0 Å². The Bertz CT molecular complexity index is 1280. The topological polar surface area (TPSA) is 75.7 Å². The smallest absolute Gasteiger partial charge is 0.294 e. The van der Waals surface area contributed by atoms with Crippen molar-refractivity contribution >= 4 is 40.6 Å². The molecule has 0 spiro atoms. The summed E-state index contributed by atoms with van der Waals surface area (Å²) in [5, 5.41) is 2.36. The van der Waals surface area contributed by atoms with Crippen LogP contribution in [-0.2, 0) is 15.0 Å². The molecule has 1 aliphatic heterocycles. The summed E-state index contributed by atoms with van der Waals surface area (Å²) in [5.41, 5.74) is 3.94. The van der Waals surface area contributed by atoms with Crippen molar-refractivity contribution in [1.29, 1.82) is 0 Å². The average molecular weight is 517 g/mol. The number of amides is 3. The first-order chi connectivity index (χ1) is 17.8. The van der Waals surface area contributed by atoms with Gasteiger partial charge in [0.15, 0.2) is 0 Å². The maximum atomic E-state index is 13.2. The van der Waals surface area contributed by atoms with Gasteiger partial charge < -0.3 is 10.1 Å². The lowest BCUT2D eigenvalue weighted by Gasteiger charge is -2.57. The van der Waals surface area contributed by atoms with Gasteiger partial charge in [0.1, 0.15) is 12.3 Å². The molecule has 4 bridgehead atoms. The summed E-state index contributed by atoms with van der Waals surface area (Å²) in [5.74, 6) is 2.33. The Hall–Kier alpha value is -3.06. The minimum atomic E-state index is -0.447. The van der Waals surface area contributed by atoms with E-state index in [1.807, 2.05) is 31.2 Å².